The zero-order valence-electron chi connectivity index (χ0n) is 13.9. The molecule has 5 heteroatoms. The number of methoxy groups -OCH3 is 2. The van der Waals surface area contributed by atoms with Gasteiger partial charge >= 0.3 is 0 Å². The highest BCUT2D eigenvalue weighted by atomic mass is 16.5. The van der Waals surface area contributed by atoms with Gasteiger partial charge in [0, 0.05) is 17.7 Å². The molecule has 0 unspecified atom stereocenters. The van der Waals surface area contributed by atoms with E-state index in [2.05, 4.69) is 0 Å². The molecule has 25 heavy (non-hydrogen) atoms. The van der Waals surface area contributed by atoms with Gasteiger partial charge in [-0.3, -0.25) is 9.59 Å². The Labute approximate surface area is 145 Å². The molecule has 0 aromatic heterocycles. The molecule has 0 saturated carbocycles. The fourth-order valence-corrected chi connectivity index (χ4v) is 2.54. The van der Waals surface area contributed by atoms with Gasteiger partial charge in [0.15, 0.2) is 0 Å². The number of hydrogen-bond donors (Lipinski definition) is 0. The minimum Gasteiger partial charge on any atom is -0.497 e. The van der Waals surface area contributed by atoms with E-state index in [1.807, 2.05) is 42.5 Å². The third-order valence-electron chi connectivity index (χ3n) is 3.85. The summed E-state index contributed by atoms with van der Waals surface area (Å²) in [6.07, 6.45) is 6.38. The highest BCUT2D eigenvalue weighted by Crippen LogP contribution is 2.26. The molecule has 3 rings (SSSR count). The van der Waals surface area contributed by atoms with E-state index < -0.39 is 0 Å². The molecule has 0 atom stereocenters. The Morgan fingerprint density at radius 3 is 2.12 bits per heavy atom. The van der Waals surface area contributed by atoms with Gasteiger partial charge in [0.25, 0.3) is 11.8 Å². The predicted octanol–water partition coefficient (Wildman–Crippen LogP) is 3.30. The zero-order valence-corrected chi connectivity index (χ0v) is 13.9. The molecule has 1 aliphatic rings. The number of carbonyl (C=O) groups excluding carboxylic acids is 2. The first-order valence-corrected chi connectivity index (χ1v) is 7.68. The molecular formula is C20H17NO4. The first kappa shape index (κ1) is 16.5. The van der Waals surface area contributed by atoms with E-state index in [9.17, 15) is 9.59 Å². The monoisotopic (exact) mass is 335 g/mol. The summed E-state index contributed by atoms with van der Waals surface area (Å²) in [7, 11) is 3.23. The number of anilines is 1. The van der Waals surface area contributed by atoms with Crippen molar-refractivity contribution in [3.8, 4) is 11.5 Å². The van der Waals surface area contributed by atoms with Gasteiger partial charge in [-0.15, -0.1) is 0 Å². The lowest BCUT2D eigenvalue weighted by Crippen LogP contribution is -2.29. The minimum atomic E-state index is -0.325. The van der Waals surface area contributed by atoms with Crippen LogP contribution in [-0.2, 0) is 9.59 Å². The standard InChI is InChI=1S/C20H17NO4/c1-24-17-9-10-18(25-2)15(13-17)6-3-14-4-7-16(8-5-14)21-19(22)11-12-20(21)23/h3-13H,1-2H3/b6-3+. The van der Waals surface area contributed by atoms with Gasteiger partial charge in [-0.1, -0.05) is 24.3 Å². The van der Waals surface area contributed by atoms with E-state index in [0.717, 1.165) is 27.5 Å². The van der Waals surface area contributed by atoms with Gasteiger partial charge in [-0.25, -0.2) is 4.90 Å². The van der Waals surface area contributed by atoms with Crippen molar-refractivity contribution in [1.29, 1.82) is 0 Å². The van der Waals surface area contributed by atoms with Gasteiger partial charge in [0.2, 0.25) is 0 Å². The Hall–Kier alpha value is -3.34. The molecule has 2 aromatic rings. The number of hydrogen-bond acceptors (Lipinski definition) is 4. The number of carbonyl (C=O) groups is 2. The Kier molecular flexibility index (Phi) is 4.66. The summed E-state index contributed by atoms with van der Waals surface area (Å²) in [5.74, 6) is 0.839. The smallest absolute Gasteiger partial charge is 0.258 e. The number of amides is 2. The van der Waals surface area contributed by atoms with E-state index in [0.29, 0.717) is 5.69 Å². The van der Waals surface area contributed by atoms with Crippen molar-refractivity contribution in [2.24, 2.45) is 0 Å². The molecule has 5 nitrogen and oxygen atoms in total. The summed E-state index contributed by atoms with van der Waals surface area (Å²) >= 11 is 0. The average Bonchev–Trinajstić information content (AvgIpc) is 2.98. The number of imide groups is 1. The first-order valence-electron chi connectivity index (χ1n) is 7.68. The fraction of sp³-hybridized carbons (Fsp3) is 0.100. The SMILES string of the molecule is COc1ccc(OC)c(/C=C/c2ccc(N3C(=O)C=CC3=O)cc2)c1. The minimum absolute atomic E-state index is 0.325. The van der Waals surface area contributed by atoms with E-state index in [1.165, 1.54) is 12.2 Å². The number of rotatable bonds is 5. The third-order valence-corrected chi connectivity index (χ3v) is 3.85. The van der Waals surface area contributed by atoms with Crippen molar-refractivity contribution in [3.63, 3.8) is 0 Å². The summed E-state index contributed by atoms with van der Waals surface area (Å²) in [5.41, 5.74) is 2.37. The van der Waals surface area contributed by atoms with Crippen molar-refractivity contribution in [1.82, 2.24) is 0 Å². The molecule has 0 radical (unpaired) electrons. The topological polar surface area (TPSA) is 55.8 Å². The van der Waals surface area contributed by atoms with Crippen LogP contribution in [0.25, 0.3) is 12.2 Å². The van der Waals surface area contributed by atoms with Crippen LogP contribution in [0.2, 0.25) is 0 Å². The second-order valence-corrected chi connectivity index (χ2v) is 5.38. The van der Waals surface area contributed by atoms with Crippen molar-refractivity contribution < 1.29 is 19.1 Å². The second kappa shape index (κ2) is 7.05. The number of ether oxygens (including phenoxy) is 2. The normalized spacial score (nSPS) is 13.8. The van der Waals surface area contributed by atoms with Crippen molar-refractivity contribution in [3.05, 3.63) is 65.7 Å². The lowest BCUT2D eigenvalue weighted by atomic mass is 10.1. The molecule has 1 heterocycles. The molecule has 1 aliphatic heterocycles. The maximum absolute atomic E-state index is 11.7. The molecule has 0 spiro atoms. The Bertz CT molecular complexity index is 848. The van der Waals surface area contributed by atoms with Gasteiger partial charge in [0.1, 0.15) is 11.5 Å². The van der Waals surface area contributed by atoms with Gasteiger partial charge in [-0.2, -0.15) is 0 Å². The molecule has 2 aromatic carbocycles. The summed E-state index contributed by atoms with van der Waals surface area (Å²) < 4.78 is 10.6. The largest absolute Gasteiger partial charge is 0.497 e. The van der Waals surface area contributed by atoms with Crippen LogP contribution in [0.3, 0.4) is 0 Å². The van der Waals surface area contributed by atoms with E-state index >= 15 is 0 Å². The van der Waals surface area contributed by atoms with Gasteiger partial charge in [0.05, 0.1) is 19.9 Å². The zero-order chi connectivity index (χ0) is 17.8. The van der Waals surface area contributed by atoms with Crippen LogP contribution >= 0.6 is 0 Å². The Morgan fingerprint density at radius 1 is 0.840 bits per heavy atom. The molecule has 126 valence electrons. The number of nitrogens with zero attached hydrogens (tertiary/aromatic N) is 1. The molecule has 0 saturated heterocycles. The van der Waals surface area contributed by atoms with E-state index in [1.54, 1.807) is 26.4 Å². The van der Waals surface area contributed by atoms with Crippen molar-refractivity contribution >= 4 is 29.7 Å². The molecule has 0 fully saturated rings. The summed E-state index contributed by atoms with van der Waals surface area (Å²) in [4.78, 5) is 24.5. The average molecular weight is 335 g/mol. The summed E-state index contributed by atoms with van der Waals surface area (Å²) in [6.45, 7) is 0. The lowest BCUT2D eigenvalue weighted by molar-refractivity contribution is -0.119. The van der Waals surface area contributed by atoms with Gasteiger partial charge < -0.3 is 9.47 Å². The molecule has 0 N–H and O–H groups in total. The predicted molar refractivity (Wildman–Crippen MR) is 96.5 cm³/mol. The summed E-state index contributed by atoms with van der Waals surface area (Å²) in [6, 6.07) is 12.7. The summed E-state index contributed by atoms with van der Waals surface area (Å²) in [5, 5.41) is 0. The van der Waals surface area contributed by atoms with Crippen molar-refractivity contribution in [2.75, 3.05) is 19.1 Å². The lowest BCUT2D eigenvalue weighted by Gasteiger charge is -2.13. The van der Waals surface area contributed by atoms with Crippen LogP contribution in [0.5, 0.6) is 11.5 Å². The second-order valence-electron chi connectivity index (χ2n) is 5.38. The Morgan fingerprint density at radius 2 is 1.52 bits per heavy atom. The van der Waals surface area contributed by atoms with Crippen LogP contribution in [0, 0.1) is 0 Å². The number of benzene rings is 2. The van der Waals surface area contributed by atoms with E-state index in [-0.39, 0.29) is 11.8 Å². The Balaban J connectivity index is 1.81. The third kappa shape index (κ3) is 3.45. The molecule has 2 amide bonds. The van der Waals surface area contributed by atoms with E-state index in [4.69, 9.17) is 9.47 Å². The van der Waals surface area contributed by atoms with Crippen LogP contribution in [0.15, 0.2) is 54.6 Å². The van der Waals surface area contributed by atoms with Crippen LogP contribution < -0.4 is 14.4 Å². The van der Waals surface area contributed by atoms with Crippen LogP contribution in [0.4, 0.5) is 5.69 Å². The maximum atomic E-state index is 11.7. The molecular weight excluding hydrogens is 318 g/mol. The van der Waals surface area contributed by atoms with Crippen LogP contribution in [-0.4, -0.2) is 26.0 Å². The quantitative estimate of drug-likeness (QED) is 0.621. The highest BCUT2D eigenvalue weighted by molar-refractivity contribution is 6.28. The van der Waals surface area contributed by atoms with Gasteiger partial charge in [-0.05, 0) is 35.9 Å². The van der Waals surface area contributed by atoms with Crippen molar-refractivity contribution in [2.45, 2.75) is 0 Å². The molecule has 0 aliphatic carbocycles. The maximum Gasteiger partial charge on any atom is 0.258 e. The highest BCUT2D eigenvalue weighted by Gasteiger charge is 2.24. The first-order chi connectivity index (χ1) is 12.1. The van der Waals surface area contributed by atoms with Crippen LogP contribution in [0.1, 0.15) is 11.1 Å². The fourth-order valence-electron chi connectivity index (χ4n) is 2.54. The molecule has 0 bridgehead atoms.